The van der Waals surface area contributed by atoms with Crippen LogP contribution in [0.25, 0.3) is 0 Å². The molecule has 1 aromatic heterocycles. The van der Waals surface area contributed by atoms with E-state index in [4.69, 9.17) is 0 Å². The Balaban J connectivity index is 1.47. The third-order valence-corrected chi connectivity index (χ3v) is 4.37. The number of hydrogen-bond acceptors (Lipinski definition) is 5. The van der Waals surface area contributed by atoms with Crippen molar-refractivity contribution >= 4 is 5.91 Å². The molecule has 0 unspecified atom stereocenters. The van der Waals surface area contributed by atoms with Gasteiger partial charge in [-0.1, -0.05) is 25.1 Å². The van der Waals surface area contributed by atoms with Crippen molar-refractivity contribution in [3.63, 3.8) is 0 Å². The van der Waals surface area contributed by atoms with Crippen molar-refractivity contribution in [1.29, 1.82) is 0 Å². The second-order valence-corrected chi connectivity index (χ2v) is 6.21. The van der Waals surface area contributed by atoms with Crippen LogP contribution >= 0.6 is 0 Å². The van der Waals surface area contributed by atoms with Gasteiger partial charge in [0.25, 0.3) is 5.91 Å². The van der Waals surface area contributed by atoms with E-state index in [0.29, 0.717) is 0 Å². The molecule has 7 heteroatoms. The Kier molecular flexibility index (Phi) is 5.53. The van der Waals surface area contributed by atoms with E-state index in [9.17, 15) is 4.79 Å². The number of aryl methyl sites for hydroxylation is 1. The SMILES string of the molecule is CCCn1nnnc1CN1CCC(NC(=O)c2ccccc2)CC1. The molecular formula is C17H24N6O. The molecular weight excluding hydrogens is 304 g/mol. The molecule has 1 aliphatic heterocycles. The summed E-state index contributed by atoms with van der Waals surface area (Å²) in [6.07, 6.45) is 2.92. The van der Waals surface area contributed by atoms with Crippen molar-refractivity contribution < 1.29 is 4.79 Å². The Morgan fingerprint density at radius 3 is 2.71 bits per heavy atom. The van der Waals surface area contributed by atoms with Crippen LogP contribution in [0.3, 0.4) is 0 Å². The molecule has 1 saturated heterocycles. The van der Waals surface area contributed by atoms with E-state index >= 15 is 0 Å². The topological polar surface area (TPSA) is 75.9 Å². The largest absolute Gasteiger partial charge is 0.349 e. The van der Waals surface area contributed by atoms with E-state index < -0.39 is 0 Å². The molecule has 0 aliphatic carbocycles. The first-order valence-electron chi connectivity index (χ1n) is 8.59. The van der Waals surface area contributed by atoms with E-state index in [2.05, 4.69) is 32.7 Å². The van der Waals surface area contributed by atoms with Gasteiger partial charge in [-0.3, -0.25) is 9.69 Å². The molecule has 1 amide bonds. The van der Waals surface area contributed by atoms with E-state index in [1.54, 1.807) is 0 Å². The summed E-state index contributed by atoms with van der Waals surface area (Å²) in [4.78, 5) is 14.6. The Morgan fingerprint density at radius 1 is 1.25 bits per heavy atom. The van der Waals surface area contributed by atoms with Crippen LogP contribution in [0, 0.1) is 0 Å². The van der Waals surface area contributed by atoms with Crippen molar-refractivity contribution in [3.05, 3.63) is 41.7 Å². The van der Waals surface area contributed by atoms with Gasteiger partial charge in [-0.05, 0) is 41.8 Å². The zero-order chi connectivity index (χ0) is 16.8. The molecule has 0 atom stereocenters. The summed E-state index contributed by atoms with van der Waals surface area (Å²) in [5, 5.41) is 15.1. The lowest BCUT2D eigenvalue weighted by atomic mass is 10.0. The molecule has 128 valence electrons. The molecule has 3 rings (SSSR count). The van der Waals surface area contributed by atoms with Gasteiger partial charge in [0.15, 0.2) is 5.82 Å². The molecule has 0 spiro atoms. The summed E-state index contributed by atoms with van der Waals surface area (Å²) in [6, 6.07) is 9.62. The lowest BCUT2D eigenvalue weighted by Gasteiger charge is -2.31. The molecule has 0 radical (unpaired) electrons. The molecule has 7 nitrogen and oxygen atoms in total. The average molecular weight is 328 g/mol. The van der Waals surface area contributed by atoms with E-state index in [-0.39, 0.29) is 11.9 Å². The number of nitrogens with one attached hydrogen (secondary N) is 1. The maximum absolute atomic E-state index is 12.2. The Morgan fingerprint density at radius 2 is 2.00 bits per heavy atom. The molecule has 1 aliphatic rings. The number of carbonyl (C=O) groups excluding carboxylic acids is 1. The minimum absolute atomic E-state index is 0.0148. The monoisotopic (exact) mass is 328 g/mol. The molecule has 2 aromatic rings. The lowest BCUT2D eigenvalue weighted by Crippen LogP contribution is -2.44. The molecule has 1 aromatic carbocycles. The van der Waals surface area contributed by atoms with Gasteiger partial charge in [0.05, 0.1) is 6.54 Å². The molecule has 1 fully saturated rings. The van der Waals surface area contributed by atoms with Crippen LogP contribution in [0.4, 0.5) is 0 Å². The van der Waals surface area contributed by atoms with Gasteiger partial charge in [0.2, 0.25) is 0 Å². The number of tetrazole rings is 1. The van der Waals surface area contributed by atoms with Gasteiger partial charge in [0.1, 0.15) is 0 Å². The summed E-state index contributed by atoms with van der Waals surface area (Å²) in [7, 11) is 0. The first-order chi connectivity index (χ1) is 11.8. The van der Waals surface area contributed by atoms with Crippen molar-refractivity contribution in [2.45, 2.75) is 45.3 Å². The summed E-state index contributed by atoms with van der Waals surface area (Å²) in [6.45, 7) is 5.63. The van der Waals surface area contributed by atoms with Gasteiger partial charge in [-0.25, -0.2) is 4.68 Å². The second kappa shape index (κ2) is 8.01. The Bertz CT molecular complexity index is 648. The van der Waals surface area contributed by atoms with Gasteiger partial charge in [-0.15, -0.1) is 5.10 Å². The summed E-state index contributed by atoms with van der Waals surface area (Å²) >= 11 is 0. The first kappa shape index (κ1) is 16.6. The number of aromatic nitrogens is 4. The number of amides is 1. The molecule has 0 bridgehead atoms. The summed E-state index contributed by atoms with van der Waals surface area (Å²) in [5.74, 6) is 0.935. The smallest absolute Gasteiger partial charge is 0.251 e. The number of likely N-dealkylation sites (tertiary alicyclic amines) is 1. The third-order valence-electron chi connectivity index (χ3n) is 4.37. The standard InChI is InChI=1S/C17H24N6O/c1-2-10-23-16(19-20-21-23)13-22-11-8-15(9-12-22)18-17(24)14-6-4-3-5-7-14/h3-7,15H,2,8-13H2,1H3,(H,18,24). The van der Waals surface area contributed by atoms with Crippen molar-refractivity contribution in [3.8, 4) is 0 Å². The van der Waals surface area contributed by atoms with Crippen LogP contribution in [0.15, 0.2) is 30.3 Å². The minimum Gasteiger partial charge on any atom is -0.349 e. The number of carbonyl (C=O) groups is 1. The van der Waals surface area contributed by atoms with Crippen LogP contribution in [-0.2, 0) is 13.1 Å². The third kappa shape index (κ3) is 4.17. The molecule has 1 N–H and O–H groups in total. The molecule has 24 heavy (non-hydrogen) atoms. The van der Waals surface area contributed by atoms with Gasteiger partial charge in [0, 0.05) is 31.2 Å². The minimum atomic E-state index is 0.0148. The maximum Gasteiger partial charge on any atom is 0.251 e. The molecule has 0 saturated carbocycles. The number of hydrogen-bond donors (Lipinski definition) is 1. The lowest BCUT2D eigenvalue weighted by molar-refractivity contribution is 0.0907. The van der Waals surface area contributed by atoms with Crippen molar-refractivity contribution in [2.24, 2.45) is 0 Å². The quantitative estimate of drug-likeness (QED) is 0.869. The van der Waals surface area contributed by atoms with Crippen LogP contribution in [-0.4, -0.2) is 50.1 Å². The van der Waals surface area contributed by atoms with Crippen LogP contribution in [0.2, 0.25) is 0 Å². The molecule has 2 heterocycles. The Hall–Kier alpha value is -2.28. The first-order valence-corrected chi connectivity index (χ1v) is 8.59. The maximum atomic E-state index is 12.2. The van der Waals surface area contributed by atoms with Gasteiger partial charge >= 0.3 is 0 Å². The van der Waals surface area contributed by atoms with Gasteiger partial charge in [-0.2, -0.15) is 0 Å². The average Bonchev–Trinajstić information content (AvgIpc) is 3.05. The zero-order valence-corrected chi connectivity index (χ0v) is 14.1. The fraction of sp³-hybridized carbons (Fsp3) is 0.529. The van der Waals surface area contributed by atoms with Crippen LogP contribution < -0.4 is 5.32 Å². The highest BCUT2D eigenvalue weighted by Crippen LogP contribution is 2.13. The summed E-state index contributed by atoms with van der Waals surface area (Å²) < 4.78 is 1.88. The number of nitrogens with zero attached hydrogens (tertiary/aromatic N) is 5. The second-order valence-electron chi connectivity index (χ2n) is 6.21. The fourth-order valence-corrected chi connectivity index (χ4v) is 3.02. The fourth-order valence-electron chi connectivity index (χ4n) is 3.02. The number of benzene rings is 1. The van der Waals surface area contributed by atoms with Crippen molar-refractivity contribution in [1.82, 2.24) is 30.4 Å². The predicted molar refractivity (Wildman–Crippen MR) is 90.3 cm³/mol. The highest BCUT2D eigenvalue weighted by Gasteiger charge is 2.22. The van der Waals surface area contributed by atoms with E-state index in [1.807, 2.05) is 35.0 Å². The Labute approximate surface area is 142 Å². The van der Waals surface area contributed by atoms with Crippen molar-refractivity contribution in [2.75, 3.05) is 13.1 Å². The normalized spacial score (nSPS) is 16.2. The van der Waals surface area contributed by atoms with E-state index in [0.717, 1.165) is 56.8 Å². The zero-order valence-electron chi connectivity index (χ0n) is 14.1. The predicted octanol–water partition coefficient (Wildman–Crippen LogP) is 1.48. The highest BCUT2D eigenvalue weighted by atomic mass is 16.1. The number of piperidine rings is 1. The van der Waals surface area contributed by atoms with E-state index in [1.165, 1.54) is 0 Å². The van der Waals surface area contributed by atoms with Crippen LogP contribution in [0.1, 0.15) is 42.4 Å². The van der Waals surface area contributed by atoms with Gasteiger partial charge < -0.3 is 5.32 Å². The van der Waals surface area contributed by atoms with Crippen LogP contribution in [0.5, 0.6) is 0 Å². The highest BCUT2D eigenvalue weighted by molar-refractivity contribution is 5.94. The summed E-state index contributed by atoms with van der Waals surface area (Å²) in [5.41, 5.74) is 0.721. The number of rotatable bonds is 6.